The molecule has 0 spiro atoms. The lowest BCUT2D eigenvalue weighted by Gasteiger charge is -2.00. The van der Waals surface area contributed by atoms with E-state index in [9.17, 15) is 4.79 Å². The fourth-order valence-corrected chi connectivity index (χ4v) is 1.10. The van der Waals surface area contributed by atoms with Gasteiger partial charge in [-0.3, -0.25) is 9.78 Å². The zero-order valence-corrected chi connectivity index (χ0v) is 6.97. The Labute approximate surface area is 75.4 Å². The maximum atomic E-state index is 11.3. The molecule has 0 aliphatic heterocycles. The zero-order chi connectivity index (χ0) is 9.26. The lowest BCUT2D eigenvalue weighted by molar-refractivity contribution is -0.117. The maximum Gasteiger partial charge on any atom is 0.230 e. The molecule has 1 aromatic heterocycles. The van der Waals surface area contributed by atoms with E-state index in [2.05, 4.69) is 15.3 Å². The molecular weight excluding hydrogens is 168 g/mol. The highest BCUT2D eigenvalue weighted by Crippen LogP contribution is 2.28. The number of hydrogen-bond acceptors (Lipinski definition) is 4. The number of anilines is 1. The number of nitrogens with zero attached hydrogens (tertiary/aromatic N) is 2. The molecule has 0 bridgehead atoms. The molecular formula is C8H10N4O. The van der Waals surface area contributed by atoms with E-state index in [1.807, 2.05) is 0 Å². The Hall–Kier alpha value is -1.49. The minimum Gasteiger partial charge on any atom is -0.327 e. The minimum atomic E-state index is -0.0620. The van der Waals surface area contributed by atoms with Crippen LogP contribution in [0.4, 0.5) is 5.82 Å². The average Bonchev–Trinajstić information content (AvgIpc) is 2.84. The van der Waals surface area contributed by atoms with Gasteiger partial charge in [0.25, 0.3) is 0 Å². The second kappa shape index (κ2) is 3.10. The van der Waals surface area contributed by atoms with Crippen LogP contribution < -0.4 is 11.1 Å². The fourth-order valence-electron chi connectivity index (χ4n) is 1.10. The van der Waals surface area contributed by atoms with Crippen molar-refractivity contribution >= 4 is 11.7 Å². The predicted octanol–water partition coefficient (Wildman–Crippen LogP) is -0.238. The monoisotopic (exact) mass is 178 g/mol. The Kier molecular flexibility index (Phi) is 1.94. The molecule has 0 radical (unpaired) electrons. The SMILES string of the molecule is NC1CC1C(=O)Nc1cnccn1. The number of hydrogen-bond donors (Lipinski definition) is 2. The first-order valence-electron chi connectivity index (χ1n) is 4.10. The van der Waals surface area contributed by atoms with Gasteiger partial charge >= 0.3 is 0 Å². The molecule has 13 heavy (non-hydrogen) atoms. The van der Waals surface area contributed by atoms with Crippen molar-refractivity contribution in [2.24, 2.45) is 11.7 Å². The third-order valence-corrected chi connectivity index (χ3v) is 1.99. The normalized spacial score (nSPS) is 25.3. The van der Waals surface area contributed by atoms with Crippen molar-refractivity contribution in [1.82, 2.24) is 9.97 Å². The largest absolute Gasteiger partial charge is 0.327 e. The van der Waals surface area contributed by atoms with E-state index < -0.39 is 0 Å². The average molecular weight is 178 g/mol. The van der Waals surface area contributed by atoms with E-state index in [-0.39, 0.29) is 17.9 Å². The van der Waals surface area contributed by atoms with E-state index in [0.717, 1.165) is 6.42 Å². The Morgan fingerprint density at radius 2 is 2.38 bits per heavy atom. The number of carbonyl (C=O) groups is 1. The molecule has 2 rings (SSSR count). The first-order chi connectivity index (χ1) is 6.27. The highest BCUT2D eigenvalue weighted by atomic mass is 16.2. The molecule has 2 unspecified atom stereocenters. The molecule has 5 nitrogen and oxygen atoms in total. The first-order valence-corrected chi connectivity index (χ1v) is 4.10. The molecule has 5 heteroatoms. The number of carbonyl (C=O) groups excluding carboxylic acids is 1. The lowest BCUT2D eigenvalue weighted by atomic mass is 10.4. The molecule has 0 aromatic carbocycles. The van der Waals surface area contributed by atoms with Gasteiger partial charge in [0, 0.05) is 18.4 Å². The van der Waals surface area contributed by atoms with Crippen LogP contribution in [0.5, 0.6) is 0 Å². The van der Waals surface area contributed by atoms with Gasteiger partial charge in [0.1, 0.15) is 0 Å². The highest BCUT2D eigenvalue weighted by molar-refractivity contribution is 5.93. The third kappa shape index (κ3) is 1.81. The van der Waals surface area contributed by atoms with Crippen molar-refractivity contribution in [2.75, 3.05) is 5.32 Å². The van der Waals surface area contributed by atoms with Gasteiger partial charge < -0.3 is 11.1 Å². The lowest BCUT2D eigenvalue weighted by Crippen LogP contribution is -2.19. The molecule has 1 aromatic rings. The van der Waals surface area contributed by atoms with E-state index >= 15 is 0 Å². The molecule has 1 fully saturated rings. The number of nitrogens with one attached hydrogen (secondary N) is 1. The molecule has 68 valence electrons. The molecule has 3 N–H and O–H groups in total. The summed E-state index contributed by atoms with van der Waals surface area (Å²) in [5.41, 5.74) is 5.52. The summed E-state index contributed by atoms with van der Waals surface area (Å²) in [6, 6.07) is 0.0247. The Morgan fingerprint density at radius 3 is 2.92 bits per heavy atom. The van der Waals surface area contributed by atoms with E-state index in [1.54, 1.807) is 6.20 Å². The molecule has 0 saturated heterocycles. The van der Waals surface area contributed by atoms with Gasteiger partial charge in [-0.25, -0.2) is 4.98 Å². The topological polar surface area (TPSA) is 80.9 Å². The summed E-state index contributed by atoms with van der Waals surface area (Å²) in [5, 5.41) is 2.64. The Bertz CT molecular complexity index is 313. The first kappa shape index (κ1) is 8.12. The van der Waals surface area contributed by atoms with Gasteiger partial charge in [0.05, 0.1) is 12.1 Å². The number of aromatic nitrogens is 2. The summed E-state index contributed by atoms with van der Waals surface area (Å²) in [7, 11) is 0. The van der Waals surface area contributed by atoms with Crippen molar-refractivity contribution in [2.45, 2.75) is 12.5 Å². The third-order valence-electron chi connectivity index (χ3n) is 1.99. The second-order valence-electron chi connectivity index (χ2n) is 3.09. The summed E-state index contributed by atoms with van der Waals surface area (Å²) in [6.45, 7) is 0. The minimum absolute atomic E-state index is 0.0247. The fraction of sp³-hybridized carbons (Fsp3) is 0.375. The Balaban J connectivity index is 1.95. The number of amides is 1. The maximum absolute atomic E-state index is 11.3. The quantitative estimate of drug-likeness (QED) is 0.655. The van der Waals surface area contributed by atoms with Crippen LogP contribution in [0.15, 0.2) is 18.6 Å². The number of rotatable bonds is 2. The van der Waals surface area contributed by atoms with E-state index in [4.69, 9.17) is 5.73 Å². The van der Waals surface area contributed by atoms with Crippen LogP contribution in [-0.2, 0) is 4.79 Å². The van der Waals surface area contributed by atoms with Crippen LogP contribution in [0.1, 0.15) is 6.42 Å². The van der Waals surface area contributed by atoms with Crippen molar-refractivity contribution < 1.29 is 4.79 Å². The van der Waals surface area contributed by atoms with Crippen LogP contribution in [0.3, 0.4) is 0 Å². The summed E-state index contributed by atoms with van der Waals surface area (Å²) < 4.78 is 0. The molecule has 1 heterocycles. The molecule has 1 aliphatic rings. The molecule has 1 aliphatic carbocycles. The molecule has 2 atom stereocenters. The standard InChI is InChI=1S/C8H10N4O/c9-6-3-5(6)8(13)12-7-4-10-1-2-11-7/h1-2,4-6H,3,9H2,(H,11,12,13). The van der Waals surface area contributed by atoms with Gasteiger partial charge in [0.15, 0.2) is 5.82 Å². The van der Waals surface area contributed by atoms with Gasteiger partial charge in [-0.1, -0.05) is 0 Å². The van der Waals surface area contributed by atoms with Gasteiger partial charge in [-0.05, 0) is 6.42 Å². The summed E-state index contributed by atoms with van der Waals surface area (Å²) in [6.07, 6.45) is 5.36. The molecule has 1 amide bonds. The highest BCUT2D eigenvalue weighted by Gasteiger charge is 2.40. The van der Waals surface area contributed by atoms with Crippen molar-refractivity contribution in [1.29, 1.82) is 0 Å². The van der Waals surface area contributed by atoms with Crippen LogP contribution in [0.2, 0.25) is 0 Å². The van der Waals surface area contributed by atoms with Crippen LogP contribution >= 0.6 is 0 Å². The van der Waals surface area contributed by atoms with Gasteiger partial charge in [-0.15, -0.1) is 0 Å². The summed E-state index contributed by atoms with van der Waals surface area (Å²) in [5.74, 6) is 0.376. The Morgan fingerprint density at radius 1 is 1.62 bits per heavy atom. The summed E-state index contributed by atoms with van der Waals surface area (Å²) in [4.78, 5) is 19.1. The van der Waals surface area contributed by atoms with Crippen molar-refractivity contribution in [3.63, 3.8) is 0 Å². The number of nitrogens with two attached hydrogens (primary N) is 1. The predicted molar refractivity (Wildman–Crippen MR) is 46.7 cm³/mol. The van der Waals surface area contributed by atoms with Crippen molar-refractivity contribution in [3.8, 4) is 0 Å². The van der Waals surface area contributed by atoms with Crippen LogP contribution in [-0.4, -0.2) is 21.9 Å². The van der Waals surface area contributed by atoms with E-state index in [1.165, 1.54) is 12.4 Å². The smallest absolute Gasteiger partial charge is 0.230 e. The van der Waals surface area contributed by atoms with Gasteiger partial charge in [0.2, 0.25) is 5.91 Å². The van der Waals surface area contributed by atoms with Crippen molar-refractivity contribution in [3.05, 3.63) is 18.6 Å². The van der Waals surface area contributed by atoms with E-state index in [0.29, 0.717) is 5.82 Å². The second-order valence-corrected chi connectivity index (χ2v) is 3.09. The van der Waals surface area contributed by atoms with Crippen LogP contribution in [0, 0.1) is 5.92 Å². The van der Waals surface area contributed by atoms with Crippen LogP contribution in [0.25, 0.3) is 0 Å². The zero-order valence-electron chi connectivity index (χ0n) is 6.97. The molecule has 1 saturated carbocycles. The van der Waals surface area contributed by atoms with Gasteiger partial charge in [-0.2, -0.15) is 0 Å². The summed E-state index contributed by atoms with van der Waals surface area (Å²) >= 11 is 0.